The molecular weight excluding hydrogens is 218 g/mol. The van der Waals surface area contributed by atoms with Gasteiger partial charge in [-0.15, -0.1) is 0 Å². The van der Waals surface area contributed by atoms with Gasteiger partial charge in [0.1, 0.15) is 0 Å². The number of nitrogens with one attached hydrogen (secondary N) is 1. The molecule has 94 valence electrons. The van der Waals surface area contributed by atoms with Gasteiger partial charge in [-0.2, -0.15) is 0 Å². The van der Waals surface area contributed by atoms with Gasteiger partial charge in [0.15, 0.2) is 0 Å². The highest BCUT2D eigenvalue weighted by molar-refractivity contribution is 5.49. The molecule has 0 spiro atoms. The third-order valence-corrected chi connectivity index (χ3v) is 3.21. The smallest absolute Gasteiger partial charge is 0.0403 e. The van der Waals surface area contributed by atoms with Crippen molar-refractivity contribution >= 4 is 5.69 Å². The molecule has 0 unspecified atom stereocenters. The average Bonchev–Trinajstić information content (AvgIpc) is 2.29. The van der Waals surface area contributed by atoms with Crippen LogP contribution in [0.1, 0.15) is 27.8 Å². The zero-order chi connectivity index (χ0) is 13.1. The average molecular weight is 239 g/mol. The summed E-state index contributed by atoms with van der Waals surface area (Å²) in [6.07, 6.45) is 0. The van der Waals surface area contributed by atoms with Crippen molar-refractivity contribution in [2.45, 2.75) is 34.2 Å². The molecule has 0 aliphatic rings. The third kappa shape index (κ3) is 3.13. The lowest BCUT2D eigenvalue weighted by atomic mass is 10.1. The lowest BCUT2D eigenvalue weighted by Crippen LogP contribution is -2.02. The van der Waals surface area contributed by atoms with Gasteiger partial charge in [0, 0.05) is 12.2 Å². The van der Waals surface area contributed by atoms with E-state index in [0.29, 0.717) is 0 Å². The van der Waals surface area contributed by atoms with Crippen molar-refractivity contribution < 1.29 is 0 Å². The first kappa shape index (κ1) is 12.7. The Morgan fingerprint density at radius 2 is 1.44 bits per heavy atom. The van der Waals surface area contributed by atoms with E-state index in [4.69, 9.17) is 0 Å². The van der Waals surface area contributed by atoms with Crippen LogP contribution in [0.4, 0.5) is 5.69 Å². The summed E-state index contributed by atoms with van der Waals surface area (Å²) < 4.78 is 0. The summed E-state index contributed by atoms with van der Waals surface area (Å²) in [6.45, 7) is 9.46. The van der Waals surface area contributed by atoms with Crippen molar-refractivity contribution in [3.05, 3.63) is 64.2 Å². The Morgan fingerprint density at radius 3 is 2.11 bits per heavy atom. The highest BCUT2D eigenvalue weighted by atomic mass is 14.9. The normalized spacial score (nSPS) is 10.4. The minimum absolute atomic E-state index is 0.885. The van der Waals surface area contributed by atoms with Crippen LogP contribution in [0.3, 0.4) is 0 Å². The minimum Gasteiger partial charge on any atom is -0.381 e. The first-order chi connectivity index (χ1) is 8.54. The van der Waals surface area contributed by atoms with Crippen molar-refractivity contribution in [2.24, 2.45) is 0 Å². The molecule has 0 atom stereocenters. The standard InChI is InChI=1S/C17H21N/c1-12-5-6-15(4)16(8-12)11-18-17-9-13(2)7-14(3)10-17/h5-10,18H,11H2,1-4H3. The Morgan fingerprint density at radius 1 is 0.778 bits per heavy atom. The predicted octanol–water partition coefficient (Wildman–Crippen LogP) is 4.53. The molecular formula is C17H21N. The molecule has 1 heteroatoms. The summed E-state index contributed by atoms with van der Waals surface area (Å²) in [7, 11) is 0. The molecule has 2 rings (SSSR count). The maximum absolute atomic E-state index is 3.51. The van der Waals surface area contributed by atoms with E-state index >= 15 is 0 Å². The third-order valence-electron chi connectivity index (χ3n) is 3.21. The fraction of sp³-hybridized carbons (Fsp3) is 0.294. The molecule has 0 radical (unpaired) electrons. The lowest BCUT2D eigenvalue weighted by molar-refractivity contribution is 1.11. The highest BCUT2D eigenvalue weighted by Crippen LogP contribution is 2.16. The Bertz CT molecular complexity index is 535. The summed E-state index contributed by atoms with van der Waals surface area (Å²) in [5.41, 5.74) is 7.84. The van der Waals surface area contributed by atoms with Gasteiger partial charge in [0.2, 0.25) is 0 Å². The number of rotatable bonds is 3. The van der Waals surface area contributed by atoms with Gasteiger partial charge in [-0.3, -0.25) is 0 Å². The molecule has 0 heterocycles. The fourth-order valence-electron chi connectivity index (χ4n) is 2.26. The summed E-state index contributed by atoms with van der Waals surface area (Å²) in [5, 5.41) is 3.51. The van der Waals surface area contributed by atoms with Gasteiger partial charge in [0.05, 0.1) is 0 Å². The molecule has 0 aliphatic carbocycles. The maximum atomic E-state index is 3.51. The van der Waals surface area contributed by atoms with Crippen molar-refractivity contribution in [3.8, 4) is 0 Å². The molecule has 0 amide bonds. The van der Waals surface area contributed by atoms with Crippen LogP contribution in [0.15, 0.2) is 36.4 Å². The Kier molecular flexibility index (Phi) is 3.71. The number of hydrogen-bond donors (Lipinski definition) is 1. The van der Waals surface area contributed by atoms with Crippen LogP contribution >= 0.6 is 0 Å². The van der Waals surface area contributed by atoms with Gasteiger partial charge in [-0.25, -0.2) is 0 Å². The second-order valence-electron chi connectivity index (χ2n) is 5.16. The molecule has 0 saturated heterocycles. The topological polar surface area (TPSA) is 12.0 Å². The molecule has 0 aromatic heterocycles. The lowest BCUT2D eigenvalue weighted by Gasteiger charge is -2.11. The SMILES string of the molecule is Cc1cc(C)cc(NCc2cc(C)ccc2C)c1. The molecule has 18 heavy (non-hydrogen) atoms. The van der Waals surface area contributed by atoms with Gasteiger partial charge in [0.25, 0.3) is 0 Å². The van der Waals surface area contributed by atoms with Crippen molar-refractivity contribution in [2.75, 3.05) is 5.32 Å². The zero-order valence-electron chi connectivity index (χ0n) is 11.7. The largest absolute Gasteiger partial charge is 0.381 e. The zero-order valence-corrected chi connectivity index (χ0v) is 11.7. The minimum atomic E-state index is 0.885. The number of anilines is 1. The van der Waals surface area contributed by atoms with E-state index in [-0.39, 0.29) is 0 Å². The van der Waals surface area contributed by atoms with E-state index in [0.717, 1.165) is 6.54 Å². The van der Waals surface area contributed by atoms with Crippen LogP contribution in [-0.4, -0.2) is 0 Å². The molecule has 1 N–H and O–H groups in total. The Balaban J connectivity index is 2.13. The summed E-state index contributed by atoms with van der Waals surface area (Å²) in [5.74, 6) is 0. The molecule has 2 aromatic carbocycles. The van der Waals surface area contributed by atoms with E-state index in [1.165, 1.54) is 33.5 Å². The van der Waals surface area contributed by atoms with E-state index in [1.807, 2.05) is 0 Å². The first-order valence-corrected chi connectivity index (χ1v) is 6.43. The van der Waals surface area contributed by atoms with Gasteiger partial charge in [-0.05, 0) is 62.1 Å². The Labute approximate surface area is 110 Å². The summed E-state index contributed by atoms with van der Waals surface area (Å²) >= 11 is 0. The van der Waals surface area contributed by atoms with E-state index in [2.05, 4.69) is 69.4 Å². The highest BCUT2D eigenvalue weighted by Gasteiger charge is 2.00. The Hall–Kier alpha value is -1.76. The van der Waals surface area contributed by atoms with Crippen LogP contribution < -0.4 is 5.32 Å². The predicted molar refractivity (Wildman–Crippen MR) is 79.2 cm³/mol. The monoisotopic (exact) mass is 239 g/mol. The van der Waals surface area contributed by atoms with Gasteiger partial charge >= 0.3 is 0 Å². The van der Waals surface area contributed by atoms with Crippen molar-refractivity contribution in [1.29, 1.82) is 0 Å². The number of hydrogen-bond acceptors (Lipinski definition) is 1. The van der Waals surface area contributed by atoms with Crippen LogP contribution in [0.5, 0.6) is 0 Å². The molecule has 2 aromatic rings. The number of aryl methyl sites for hydroxylation is 4. The van der Waals surface area contributed by atoms with Crippen LogP contribution in [0.25, 0.3) is 0 Å². The second kappa shape index (κ2) is 5.26. The molecule has 0 aliphatic heterocycles. The second-order valence-corrected chi connectivity index (χ2v) is 5.16. The van der Waals surface area contributed by atoms with Crippen LogP contribution in [-0.2, 0) is 6.54 Å². The molecule has 0 bridgehead atoms. The van der Waals surface area contributed by atoms with Gasteiger partial charge < -0.3 is 5.32 Å². The maximum Gasteiger partial charge on any atom is 0.0403 e. The van der Waals surface area contributed by atoms with Crippen LogP contribution in [0, 0.1) is 27.7 Å². The van der Waals surface area contributed by atoms with Crippen molar-refractivity contribution in [3.63, 3.8) is 0 Å². The number of benzene rings is 2. The summed E-state index contributed by atoms with van der Waals surface area (Å²) in [4.78, 5) is 0. The van der Waals surface area contributed by atoms with Gasteiger partial charge in [-0.1, -0.05) is 29.8 Å². The molecule has 0 fully saturated rings. The van der Waals surface area contributed by atoms with E-state index in [9.17, 15) is 0 Å². The fourth-order valence-corrected chi connectivity index (χ4v) is 2.26. The molecule has 1 nitrogen and oxygen atoms in total. The first-order valence-electron chi connectivity index (χ1n) is 6.43. The summed E-state index contributed by atoms with van der Waals surface area (Å²) in [6, 6.07) is 13.2. The van der Waals surface area contributed by atoms with Crippen LogP contribution in [0.2, 0.25) is 0 Å². The van der Waals surface area contributed by atoms with Crippen molar-refractivity contribution in [1.82, 2.24) is 0 Å². The molecule has 0 saturated carbocycles. The quantitative estimate of drug-likeness (QED) is 0.829. The van der Waals surface area contributed by atoms with E-state index in [1.54, 1.807) is 0 Å². The van der Waals surface area contributed by atoms with E-state index < -0.39 is 0 Å².